The van der Waals surface area contributed by atoms with E-state index < -0.39 is 17.3 Å². The lowest BCUT2D eigenvalue weighted by Crippen LogP contribution is -3.12. The highest BCUT2D eigenvalue weighted by Gasteiger charge is 2.10. The number of likely N-dealkylation sites (N-methyl/N-ethyl adjacent to an activating group) is 1. The molecule has 2 rings (SSSR count). The number of benzene rings is 1. The number of rotatable bonds is 6. The minimum absolute atomic E-state index is 0.0933. The highest BCUT2D eigenvalue weighted by Crippen LogP contribution is 2.11. The number of hydrogen-bond acceptors (Lipinski definition) is 2. The van der Waals surface area contributed by atoms with Crippen molar-refractivity contribution in [3.8, 4) is 0 Å². The van der Waals surface area contributed by atoms with Gasteiger partial charge in [0.25, 0.3) is 0 Å². The molecule has 1 heterocycles. The first-order valence-electron chi connectivity index (χ1n) is 7.74. The Morgan fingerprint density at radius 3 is 2.74 bits per heavy atom. The molecule has 0 bridgehead atoms. The third-order valence-electron chi connectivity index (χ3n) is 3.86. The zero-order chi connectivity index (χ0) is 16.8. The van der Waals surface area contributed by atoms with Gasteiger partial charge in [-0.25, -0.2) is 9.18 Å². The SMILES string of the molecule is CC[NH+](CC)CCNC(=O)Nc1c[nH]c2ccc(F)cc2c1=O. The van der Waals surface area contributed by atoms with Crippen molar-refractivity contribution in [1.82, 2.24) is 10.3 Å². The molecule has 1 aromatic carbocycles. The first-order valence-corrected chi connectivity index (χ1v) is 7.74. The Hall–Kier alpha value is -2.41. The molecule has 4 N–H and O–H groups in total. The molecule has 1 aromatic heterocycles. The molecule has 0 fully saturated rings. The first kappa shape index (κ1) is 17.0. The van der Waals surface area contributed by atoms with Gasteiger partial charge in [-0.05, 0) is 32.0 Å². The molecular weight excluding hydrogens is 299 g/mol. The second kappa shape index (κ2) is 7.73. The summed E-state index contributed by atoms with van der Waals surface area (Å²) in [6.45, 7) is 7.51. The minimum Gasteiger partial charge on any atom is -0.359 e. The number of aromatic nitrogens is 1. The lowest BCUT2D eigenvalue weighted by Gasteiger charge is -2.15. The van der Waals surface area contributed by atoms with Crippen LogP contribution in [0.1, 0.15) is 13.8 Å². The third-order valence-corrected chi connectivity index (χ3v) is 3.86. The summed E-state index contributed by atoms with van der Waals surface area (Å²) in [5.41, 5.74) is 0.200. The highest BCUT2D eigenvalue weighted by molar-refractivity contribution is 5.91. The van der Waals surface area contributed by atoms with Crippen molar-refractivity contribution in [3.05, 3.63) is 40.4 Å². The monoisotopic (exact) mass is 321 g/mol. The van der Waals surface area contributed by atoms with Gasteiger partial charge >= 0.3 is 6.03 Å². The predicted molar refractivity (Wildman–Crippen MR) is 88.5 cm³/mol. The number of H-pyrrole nitrogens is 1. The Balaban J connectivity index is 2.02. The number of fused-ring (bicyclic) bond motifs is 1. The van der Waals surface area contributed by atoms with Gasteiger partial charge in [-0.3, -0.25) is 4.79 Å². The van der Waals surface area contributed by atoms with Crippen LogP contribution in [-0.2, 0) is 0 Å². The van der Waals surface area contributed by atoms with Crippen LogP contribution in [0.25, 0.3) is 10.9 Å². The van der Waals surface area contributed by atoms with E-state index in [-0.39, 0.29) is 11.1 Å². The number of amides is 2. The molecule has 2 amide bonds. The van der Waals surface area contributed by atoms with Gasteiger partial charge in [-0.2, -0.15) is 0 Å². The van der Waals surface area contributed by atoms with E-state index in [9.17, 15) is 14.0 Å². The summed E-state index contributed by atoms with van der Waals surface area (Å²) < 4.78 is 13.3. The quantitative estimate of drug-likeness (QED) is 0.632. The van der Waals surface area contributed by atoms with Gasteiger partial charge in [0.05, 0.1) is 31.6 Å². The van der Waals surface area contributed by atoms with Crippen molar-refractivity contribution in [2.24, 2.45) is 0 Å². The van der Waals surface area contributed by atoms with Crippen LogP contribution >= 0.6 is 0 Å². The van der Waals surface area contributed by atoms with Crippen molar-refractivity contribution < 1.29 is 14.1 Å². The largest absolute Gasteiger partial charge is 0.359 e. The smallest absolute Gasteiger partial charge is 0.319 e. The summed E-state index contributed by atoms with van der Waals surface area (Å²) in [6.07, 6.45) is 1.41. The number of carbonyl (C=O) groups excluding carboxylic acids is 1. The molecule has 0 radical (unpaired) electrons. The van der Waals surface area contributed by atoms with Gasteiger partial charge in [0.2, 0.25) is 5.43 Å². The maximum absolute atomic E-state index is 13.3. The van der Waals surface area contributed by atoms with E-state index in [1.807, 2.05) is 0 Å². The number of pyridine rings is 1. The van der Waals surface area contributed by atoms with E-state index in [1.165, 1.54) is 23.2 Å². The van der Waals surface area contributed by atoms with Crippen LogP contribution in [-0.4, -0.2) is 37.2 Å². The first-order chi connectivity index (χ1) is 11.0. The molecular formula is C16H22FN4O2+. The molecule has 7 heteroatoms. The van der Waals surface area contributed by atoms with E-state index in [0.29, 0.717) is 12.1 Å². The van der Waals surface area contributed by atoms with Crippen LogP contribution in [0, 0.1) is 5.82 Å². The molecule has 23 heavy (non-hydrogen) atoms. The number of aromatic amines is 1. The summed E-state index contributed by atoms with van der Waals surface area (Å²) in [7, 11) is 0. The molecule has 2 aromatic rings. The van der Waals surface area contributed by atoms with Gasteiger partial charge in [0, 0.05) is 11.7 Å². The fourth-order valence-corrected chi connectivity index (χ4v) is 2.41. The number of carbonyl (C=O) groups is 1. The second-order valence-corrected chi connectivity index (χ2v) is 5.31. The van der Waals surface area contributed by atoms with Gasteiger partial charge in [-0.15, -0.1) is 0 Å². The minimum atomic E-state index is -0.494. The van der Waals surface area contributed by atoms with Crippen molar-refractivity contribution in [2.45, 2.75) is 13.8 Å². The maximum atomic E-state index is 13.3. The van der Waals surface area contributed by atoms with E-state index >= 15 is 0 Å². The standard InChI is InChI=1S/C16H21FN4O2/c1-3-21(4-2)8-7-18-16(23)20-14-10-19-13-6-5-11(17)9-12(13)15(14)22/h5-6,9-10H,3-4,7-8H2,1-2H3,(H,19,22)(H2,18,20,23)/p+1. The van der Waals surface area contributed by atoms with Crippen LogP contribution in [0.5, 0.6) is 0 Å². The maximum Gasteiger partial charge on any atom is 0.319 e. The van der Waals surface area contributed by atoms with Crippen LogP contribution in [0.2, 0.25) is 0 Å². The number of halogens is 1. The molecule has 0 aliphatic rings. The molecule has 0 saturated heterocycles. The van der Waals surface area contributed by atoms with Crippen LogP contribution in [0.4, 0.5) is 14.9 Å². The number of urea groups is 1. The highest BCUT2D eigenvalue weighted by atomic mass is 19.1. The fourth-order valence-electron chi connectivity index (χ4n) is 2.41. The molecule has 0 aliphatic heterocycles. The van der Waals surface area contributed by atoms with Crippen molar-refractivity contribution in [1.29, 1.82) is 0 Å². The normalized spacial score (nSPS) is 11.0. The zero-order valence-electron chi connectivity index (χ0n) is 13.3. The lowest BCUT2D eigenvalue weighted by molar-refractivity contribution is -0.895. The van der Waals surface area contributed by atoms with Crippen LogP contribution < -0.4 is 21.0 Å². The zero-order valence-corrected chi connectivity index (χ0v) is 13.3. The van der Waals surface area contributed by atoms with E-state index in [1.54, 1.807) is 0 Å². The van der Waals surface area contributed by atoms with Gasteiger partial charge in [0.15, 0.2) is 0 Å². The van der Waals surface area contributed by atoms with Crippen LogP contribution in [0.15, 0.2) is 29.2 Å². The Morgan fingerprint density at radius 1 is 1.30 bits per heavy atom. The summed E-state index contributed by atoms with van der Waals surface area (Å²) in [5, 5.41) is 5.43. The van der Waals surface area contributed by atoms with Gasteiger partial charge in [0.1, 0.15) is 11.5 Å². The molecule has 0 aliphatic carbocycles. The topological polar surface area (TPSA) is 78.4 Å². The average molecular weight is 321 g/mol. The molecule has 0 atom stereocenters. The van der Waals surface area contributed by atoms with E-state index in [0.717, 1.165) is 25.7 Å². The van der Waals surface area contributed by atoms with Gasteiger partial charge in [-0.1, -0.05) is 0 Å². The third kappa shape index (κ3) is 4.29. The van der Waals surface area contributed by atoms with Crippen molar-refractivity contribution in [2.75, 3.05) is 31.5 Å². The molecule has 0 spiro atoms. The lowest BCUT2D eigenvalue weighted by atomic mass is 10.2. The van der Waals surface area contributed by atoms with Crippen molar-refractivity contribution in [3.63, 3.8) is 0 Å². The predicted octanol–water partition coefficient (Wildman–Crippen LogP) is 0.713. The molecule has 0 unspecified atom stereocenters. The Labute approximate surface area is 133 Å². The summed E-state index contributed by atoms with van der Waals surface area (Å²) in [6, 6.07) is 3.47. The van der Waals surface area contributed by atoms with Gasteiger partial charge < -0.3 is 20.5 Å². The Bertz CT molecular complexity index is 740. The molecule has 124 valence electrons. The number of hydrogen-bond donors (Lipinski definition) is 4. The van der Waals surface area contributed by atoms with Crippen molar-refractivity contribution >= 4 is 22.6 Å². The van der Waals surface area contributed by atoms with E-state index in [2.05, 4.69) is 29.5 Å². The summed E-state index contributed by atoms with van der Waals surface area (Å²) in [4.78, 5) is 28.4. The summed E-state index contributed by atoms with van der Waals surface area (Å²) in [5.74, 6) is -0.494. The molecule has 0 saturated carbocycles. The number of nitrogens with one attached hydrogen (secondary N) is 4. The number of quaternary nitrogens is 1. The Kier molecular flexibility index (Phi) is 5.70. The molecule has 6 nitrogen and oxygen atoms in total. The van der Waals surface area contributed by atoms with E-state index in [4.69, 9.17) is 0 Å². The second-order valence-electron chi connectivity index (χ2n) is 5.31. The Morgan fingerprint density at radius 2 is 2.04 bits per heavy atom. The number of anilines is 1. The van der Waals surface area contributed by atoms with Crippen LogP contribution in [0.3, 0.4) is 0 Å². The summed E-state index contributed by atoms with van der Waals surface area (Å²) >= 11 is 0. The fraction of sp³-hybridized carbons (Fsp3) is 0.375. The average Bonchev–Trinajstić information content (AvgIpc) is 2.55.